The van der Waals surface area contributed by atoms with Gasteiger partial charge in [-0.1, -0.05) is 56.9 Å². The molecule has 2 nitrogen and oxygen atoms in total. The molecule has 0 radical (unpaired) electrons. The summed E-state index contributed by atoms with van der Waals surface area (Å²) in [6.45, 7) is 10.7. The average Bonchev–Trinajstić information content (AvgIpc) is 2.53. The Hall–Kier alpha value is -2.48. The van der Waals surface area contributed by atoms with E-state index in [9.17, 15) is 0 Å². The van der Waals surface area contributed by atoms with Crippen molar-refractivity contribution < 1.29 is 4.74 Å². The van der Waals surface area contributed by atoms with E-state index in [4.69, 9.17) is 10.5 Å². The fourth-order valence-electron chi connectivity index (χ4n) is 2.58. The number of nitrogens with two attached hydrogens (primary N) is 1. The van der Waals surface area contributed by atoms with Crippen molar-refractivity contribution in [3.63, 3.8) is 0 Å². The van der Waals surface area contributed by atoms with Crippen LogP contribution in [0.15, 0.2) is 72.7 Å². The second kappa shape index (κ2) is 7.68. The van der Waals surface area contributed by atoms with E-state index in [1.54, 1.807) is 0 Å². The number of hydrogen-bond donors (Lipinski definition) is 1. The number of para-hydroxylation sites is 1. The topological polar surface area (TPSA) is 35.2 Å². The number of fused-ring (bicyclic) bond motifs is 1. The molecule has 0 bridgehead atoms. The molecule has 1 aliphatic rings. The van der Waals surface area contributed by atoms with Crippen molar-refractivity contribution in [2.45, 2.75) is 33.1 Å². The Labute approximate surface area is 139 Å². The molecule has 120 valence electrons. The average molecular weight is 307 g/mol. The van der Waals surface area contributed by atoms with Crippen LogP contribution in [-0.4, -0.2) is 0 Å². The van der Waals surface area contributed by atoms with Crippen LogP contribution in [0.2, 0.25) is 0 Å². The first-order valence-electron chi connectivity index (χ1n) is 7.94. The lowest BCUT2D eigenvalue weighted by Gasteiger charge is -2.20. The quantitative estimate of drug-likeness (QED) is 0.749. The first-order chi connectivity index (χ1) is 11.0. The van der Waals surface area contributed by atoms with Crippen molar-refractivity contribution in [3.8, 4) is 5.75 Å². The van der Waals surface area contributed by atoms with E-state index in [1.165, 1.54) is 17.3 Å². The Balaban J connectivity index is 2.41. The summed E-state index contributed by atoms with van der Waals surface area (Å²) in [5, 5.41) is 0. The Morgan fingerprint density at radius 2 is 2.04 bits per heavy atom. The van der Waals surface area contributed by atoms with Gasteiger partial charge in [-0.15, -0.1) is 0 Å². The summed E-state index contributed by atoms with van der Waals surface area (Å²) >= 11 is 0. The fourth-order valence-corrected chi connectivity index (χ4v) is 2.58. The molecule has 0 aromatic heterocycles. The molecule has 1 heterocycles. The van der Waals surface area contributed by atoms with Gasteiger partial charge >= 0.3 is 0 Å². The summed E-state index contributed by atoms with van der Waals surface area (Å²) in [7, 11) is 0. The lowest BCUT2D eigenvalue weighted by Crippen LogP contribution is -2.01. The molecule has 2 N–H and O–H groups in total. The highest BCUT2D eigenvalue weighted by Crippen LogP contribution is 2.37. The van der Waals surface area contributed by atoms with Crippen LogP contribution in [0.25, 0.3) is 5.57 Å². The molecule has 0 aliphatic carbocycles. The van der Waals surface area contributed by atoms with E-state index >= 15 is 0 Å². The summed E-state index contributed by atoms with van der Waals surface area (Å²) in [6, 6.07) is 6.26. The van der Waals surface area contributed by atoms with Gasteiger partial charge in [0.05, 0.1) is 6.26 Å². The third-order valence-electron chi connectivity index (χ3n) is 3.92. The number of allylic oxidation sites excluding steroid dienone is 7. The second-order valence-electron chi connectivity index (χ2n) is 6.01. The lowest BCUT2D eigenvalue weighted by molar-refractivity contribution is 0.465. The molecule has 0 spiro atoms. The van der Waals surface area contributed by atoms with Gasteiger partial charge < -0.3 is 10.5 Å². The van der Waals surface area contributed by atoms with E-state index in [1.807, 2.05) is 18.4 Å². The molecule has 1 aliphatic heterocycles. The second-order valence-corrected chi connectivity index (χ2v) is 6.01. The van der Waals surface area contributed by atoms with E-state index in [0.717, 1.165) is 28.9 Å². The minimum atomic E-state index is 0.403. The number of rotatable bonds is 4. The highest BCUT2D eigenvalue weighted by Gasteiger charge is 2.16. The van der Waals surface area contributed by atoms with Crippen molar-refractivity contribution in [2.24, 2.45) is 5.73 Å². The first-order valence-corrected chi connectivity index (χ1v) is 7.94. The van der Waals surface area contributed by atoms with Crippen LogP contribution < -0.4 is 10.5 Å². The third kappa shape index (κ3) is 4.04. The van der Waals surface area contributed by atoms with Gasteiger partial charge in [0.1, 0.15) is 5.75 Å². The van der Waals surface area contributed by atoms with Gasteiger partial charge in [0.25, 0.3) is 0 Å². The highest BCUT2D eigenvalue weighted by molar-refractivity contribution is 5.79. The molecule has 23 heavy (non-hydrogen) atoms. The molecule has 2 heteroatoms. The van der Waals surface area contributed by atoms with Crippen LogP contribution >= 0.6 is 0 Å². The normalized spacial score (nSPS) is 19.7. The van der Waals surface area contributed by atoms with Gasteiger partial charge in [-0.3, -0.25) is 0 Å². The van der Waals surface area contributed by atoms with Crippen molar-refractivity contribution >= 4 is 5.57 Å². The van der Waals surface area contributed by atoms with Gasteiger partial charge in [0.15, 0.2) is 0 Å². The molecule has 1 aromatic rings. The SMILES string of the molecule is C=C1/C=C(C/C=C\C=C/N)\C(C)=C/Oc2c1cccc2C(C)C. The van der Waals surface area contributed by atoms with Crippen LogP contribution in [-0.2, 0) is 0 Å². The van der Waals surface area contributed by atoms with E-state index in [0.29, 0.717) is 5.92 Å². The van der Waals surface area contributed by atoms with Crippen molar-refractivity contribution in [1.82, 2.24) is 0 Å². The molecule has 0 unspecified atom stereocenters. The molecule has 1 aromatic carbocycles. The zero-order valence-corrected chi connectivity index (χ0v) is 14.2. The molecule has 0 fully saturated rings. The Morgan fingerprint density at radius 3 is 2.74 bits per heavy atom. The van der Waals surface area contributed by atoms with Crippen LogP contribution in [0.1, 0.15) is 44.2 Å². The van der Waals surface area contributed by atoms with E-state index in [-0.39, 0.29) is 0 Å². The monoisotopic (exact) mass is 307 g/mol. The van der Waals surface area contributed by atoms with Crippen molar-refractivity contribution in [1.29, 1.82) is 0 Å². The fraction of sp³-hybridized carbons (Fsp3) is 0.238. The minimum absolute atomic E-state index is 0.403. The summed E-state index contributed by atoms with van der Waals surface area (Å²) < 4.78 is 6.04. The summed E-state index contributed by atoms with van der Waals surface area (Å²) in [4.78, 5) is 0. The molecule has 0 amide bonds. The zero-order valence-electron chi connectivity index (χ0n) is 14.2. The maximum atomic E-state index is 6.04. The van der Waals surface area contributed by atoms with E-state index in [2.05, 4.69) is 57.7 Å². The third-order valence-corrected chi connectivity index (χ3v) is 3.92. The van der Waals surface area contributed by atoms with Gasteiger partial charge in [-0.2, -0.15) is 0 Å². The summed E-state index contributed by atoms with van der Waals surface area (Å²) in [5.74, 6) is 1.32. The predicted octanol–water partition coefficient (Wildman–Crippen LogP) is 5.46. The number of benzene rings is 1. The molecular formula is C21H25NO. The first kappa shape index (κ1) is 16.9. The lowest BCUT2D eigenvalue weighted by atomic mass is 9.93. The zero-order chi connectivity index (χ0) is 16.8. The minimum Gasteiger partial charge on any atom is -0.464 e. The van der Waals surface area contributed by atoms with Crippen LogP contribution in [0.5, 0.6) is 5.75 Å². The van der Waals surface area contributed by atoms with Gasteiger partial charge in [-0.05, 0) is 53.8 Å². The maximum absolute atomic E-state index is 6.04. The van der Waals surface area contributed by atoms with Crippen LogP contribution in [0.3, 0.4) is 0 Å². The van der Waals surface area contributed by atoms with Crippen LogP contribution in [0.4, 0.5) is 0 Å². The van der Waals surface area contributed by atoms with Gasteiger partial charge in [0.2, 0.25) is 0 Å². The smallest absolute Gasteiger partial charge is 0.137 e. The highest BCUT2D eigenvalue weighted by atomic mass is 16.5. The van der Waals surface area contributed by atoms with Crippen LogP contribution in [0, 0.1) is 0 Å². The van der Waals surface area contributed by atoms with Crippen molar-refractivity contribution in [2.75, 3.05) is 0 Å². The molecule has 0 atom stereocenters. The molecule has 2 rings (SSSR count). The molecule has 0 saturated carbocycles. The largest absolute Gasteiger partial charge is 0.464 e. The van der Waals surface area contributed by atoms with Gasteiger partial charge in [0, 0.05) is 5.56 Å². The maximum Gasteiger partial charge on any atom is 0.137 e. The Bertz CT molecular complexity index is 703. The molecular weight excluding hydrogens is 282 g/mol. The van der Waals surface area contributed by atoms with Gasteiger partial charge in [-0.25, -0.2) is 0 Å². The molecule has 0 saturated heterocycles. The van der Waals surface area contributed by atoms with E-state index < -0.39 is 0 Å². The number of ether oxygens (including phenoxy) is 1. The summed E-state index contributed by atoms with van der Waals surface area (Å²) in [6.07, 6.45) is 12.2. The standard InChI is InChI=1S/C21H25NO/c1-15(2)19-10-8-11-20-16(3)13-18(9-6-5-7-12-22)17(4)14-23-21(19)20/h5-8,10-15H,3,9,22H2,1-2,4H3/b6-5-,12-7-,17-14-,18-13-. The number of hydrogen-bond acceptors (Lipinski definition) is 2. The Morgan fingerprint density at radius 1 is 1.26 bits per heavy atom. The predicted molar refractivity (Wildman–Crippen MR) is 99.1 cm³/mol. The Kier molecular flexibility index (Phi) is 5.64. The van der Waals surface area contributed by atoms with Crippen molar-refractivity contribution in [3.05, 3.63) is 83.8 Å². The summed E-state index contributed by atoms with van der Waals surface area (Å²) in [5.41, 5.74) is 10.9.